The van der Waals surface area contributed by atoms with Gasteiger partial charge in [0.2, 0.25) is 0 Å². The van der Waals surface area contributed by atoms with Crippen LogP contribution in [0.15, 0.2) is 24.3 Å². The first-order valence-corrected chi connectivity index (χ1v) is 5.99. The van der Waals surface area contributed by atoms with Gasteiger partial charge in [-0.2, -0.15) is 0 Å². The van der Waals surface area contributed by atoms with Gasteiger partial charge in [-0.15, -0.1) is 11.6 Å². The van der Waals surface area contributed by atoms with Crippen molar-refractivity contribution in [2.75, 3.05) is 5.88 Å². The number of hydrogen-bond donors (Lipinski definition) is 0. The monoisotopic (exact) mass is 228 g/mol. The van der Waals surface area contributed by atoms with Gasteiger partial charge in [0.15, 0.2) is 0 Å². The maximum absolute atomic E-state index is 13.5. The highest BCUT2D eigenvalue weighted by Gasteiger charge is 2.14. The molecular formula is C13H18ClF. The van der Waals surface area contributed by atoms with Crippen molar-refractivity contribution in [1.29, 1.82) is 0 Å². The van der Waals surface area contributed by atoms with E-state index in [9.17, 15) is 4.39 Å². The molecule has 0 saturated carbocycles. The summed E-state index contributed by atoms with van der Waals surface area (Å²) >= 11 is 5.89. The minimum atomic E-state index is -0.132. The first-order chi connectivity index (χ1) is 7.15. The average molecular weight is 229 g/mol. The van der Waals surface area contributed by atoms with E-state index in [2.05, 4.69) is 13.8 Å². The highest BCUT2D eigenvalue weighted by atomic mass is 35.5. The molecule has 0 nitrogen and oxygen atoms in total. The fourth-order valence-corrected chi connectivity index (χ4v) is 1.98. The minimum absolute atomic E-state index is 0.132. The summed E-state index contributed by atoms with van der Waals surface area (Å²) in [6, 6.07) is 6.92. The third-order valence-corrected chi connectivity index (χ3v) is 3.00. The summed E-state index contributed by atoms with van der Waals surface area (Å²) < 4.78 is 13.5. The van der Waals surface area contributed by atoms with E-state index in [4.69, 9.17) is 11.6 Å². The lowest BCUT2D eigenvalue weighted by Crippen LogP contribution is -2.05. The van der Waals surface area contributed by atoms with E-state index < -0.39 is 0 Å². The van der Waals surface area contributed by atoms with E-state index in [0.29, 0.717) is 11.8 Å². The van der Waals surface area contributed by atoms with Crippen LogP contribution < -0.4 is 0 Å². The van der Waals surface area contributed by atoms with Crippen LogP contribution in [0.3, 0.4) is 0 Å². The molecule has 1 aromatic rings. The van der Waals surface area contributed by atoms with Crippen molar-refractivity contribution < 1.29 is 4.39 Å². The Balaban J connectivity index is 2.70. The van der Waals surface area contributed by atoms with Gasteiger partial charge >= 0.3 is 0 Å². The van der Waals surface area contributed by atoms with Crippen LogP contribution in [0.5, 0.6) is 0 Å². The van der Waals surface area contributed by atoms with Gasteiger partial charge in [0.25, 0.3) is 0 Å². The Morgan fingerprint density at radius 2 is 1.87 bits per heavy atom. The molecule has 0 saturated heterocycles. The first-order valence-electron chi connectivity index (χ1n) is 5.45. The van der Waals surface area contributed by atoms with E-state index in [0.717, 1.165) is 18.4 Å². The summed E-state index contributed by atoms with van der Waals surface area (Å²) in [5.41, 5.74) is 0.758. The Labute approximate surface area is 96.5 Å². The van der Waals surface area contributed by atoms with Crippen LogP contribution in [0.25, 0.3) is 0 Å². The van der Waals surface area contributed by atoms with Crippen molar-refractivity contribution in [2.24, 2.45) is 5.92 Å². The van der Waals surface area contributed by atoms with Crippen LogP contribution in [0.1, 0.15) is 38.2 Å². The molecule has 0 heterocycles. The third-order valence-electron chi connectivity index (χ3n) is 2.62. The summed E-state index contributed by atoms with van der Waals surface area (Å²) in [7, 11) is 0. The first kappa shape index (κ1) is 12.5. The zero-order chi connectivity index (χ0) is 11.3. The lowest BCUT2D eigenvalue weighted by Gasteiger charge is -2.16. The van der Waals surface area contributed by atoms with Gasteiger partial charge in [-0.1, -0.05) is 38.5 Å². The Morgan fingerprint density at radius 3 is 2.40 bits per heavy atom. The summed E-state index contributed by atoms with van der Waals surface area (Å²) in [6.07, 6.45) is 2.05. The maximum atomic E-state index is 13.5. The SMILES string of the molecule is CC(C)CCC(CCl)c1ccccc1F. The lowest BCUT2D eigenvalue weighted by molar-refractivity contribution is 0.503. The molecule has 15 heavy (non-hydrogen) atoms. The molecule has 1 atom stereocenters. The van der Waals surface area contributed by atoms with E-state index in [1.54, 1.807) is 6.07 Å². The fourth-order valence-electron chi connectivity index (χ4n) is 1.66. The maximum Gasteiger partial charge on any atom is 0.126 e. The molecule has 0 N–H and O–H groups in total. The minimum Gasteiger partial charge on any atom is -0.207 e. The second-order valence-electron chi connectivity index (χ2n) is 4.34. The van der Waals surface area contributed by atoms with E-state index in [1.165, 1.54) is 6.07 Å². The number of rotatable bonds is 5. The quantitative estimate of drug-likeness (QED) is 0.647. The van der Waals surface area contributed by atoms with Gasteiger partial charge in [0.05, 0.1) is 0 Å². The number of benzene rings is 1. The molecule has 0 aliphatic rings. The molecule has 0 radical (unpaired) electrons. The fraction of sp³-hybridized carbons (Fsp3) is 0.538. The zero-order valence-electron chi connectivity index (χ0n) is 9.34. The summed E-state index contributed by atoms with van der Waals surface area (Å²) in [4.78, 5) is 0. The Kier molecular flexibility index (Phi) is 5.10. The Bertz CT molecular complexity index is 296. The normalized spacial score (nSPS) is 13.1. The third kappa shape index (κ3) is 3.83. The highest BCUT2D eigenvalue weighted by molar-refractivity contribution is 6.18. The average Bonchev–Trinajstić information content (AvgIpc) is 2.21. The van der Waals surface area contributed by atoms with Crippen LogP contribution in [0, 0.1) is 11.7 Å². The smallest absolute Gasteiger partial charge is 0.126 e. The standard InChI is InChI=1S/C13H18ClF/c1-10(2)7-8-11(9-14)12-5-3-4-6-13(12)15/h3-6,10-11H,7-9H2,1-2H3. The van der Waals surface area contributed by atoms with Crippen LogP contribution in [0.2, 0.25) is 0 Å². The van der Waals surface area contributed by atoms with Gasteiger partial charge in [0, 0.05) is 11.8 Å². The predicted molar refractivity (Wildman–Crippen MR) is 63.9 cm³/mol. The highest BCUT2D eigenvalue weighted by Crippen LogP contribution is 2.26. The van der Waals surface area contributed by atoms with Gasteiger partial charge in [0.1, 0.15) is 5.82 Å². The predicted octanol–water partition coefficient (Wildman–Crippen LogP) is 4.58. The molecule has 0 aliphatic carbocycles. The van der Waals surface area contributed by atoms with Crippen molar-refractivity contribution in [3.63, 3.8) is 0 Å². The molecule has 2 heteroatoms. The molecule has 1 rings (SSSR count). The largest absolute Gasteiger partial charge is 0.207 e. The molecule has 1 aromatic carbocycles. The topological polar surface area (TPSA) is 0 Å². The Hall–Kier alpha value is -0.560. The number of hydrogen-bond acceptors (Lipinski definition) is 0. The molecule has 0 spiro atoms. The molecule has 0 bridgehead atoms. The molecule has 0 fully saturated rings. The van der Waals surface area contributed by atoms with Crippen LogP contribution in [0.4, 0.5) is 4.39 Å². The molecule has 0 aliphatic heterocycles. The Morgan fingerprint density at radius 1 is 1.20 bits per heavy atom. The lowest BCUT2D eigenvalue weighted by atomic mass is 9.92. The van der Waals surface area contributed by atoms with Gasteiger partial charge < -0.3 is 0 Å². The molecular weight excluding hydrogens is 211 g/mol. The molecule has 0 aromatic heterocycles. The van der Waals surface area contributed by atoms with Crippen LogP contribution in [-0.2, 0) is 0 Å². The van der Waals surface area contributed by atoms with Gasteiger partial charge in [-0.25, -0.2) is 4.39 Å². The van der Waals surface area contributed by atoms with Crippen molar-refractivity contribution in [3.8, 4) is 0 Å². The zero-order valence-corrected chi connectivity index (χ0v) is 10.1. The molecule has 1 unspecified atom stereocenters. The summed E-state index contributed by atoms with van der Waals surface area (Å²) in [6.45, 7) is 4.35. The summed E-state index contributed by atoms with van der Waals surface area (Å²) in [5, 5.41) is 0. The van der Waals surface area contributed by atoms with Gasteiger partial charge in [-0.05, 0) is 24.0 Å². The van der Waals surface area contributed by atoms with Crippen molar-refractivity contribution in [3.05, 3.63) is 35.6 Å². The second kappa shape index (κ2) is 6.12. The van der Waals surface area contributed by atoms with Crippen LogP contribution in [-0.4, -0.2) is 5.88 Å². The van der Waals surface area contributed by atoms with E-state index in [-0.39, 0.29) is 11.7 Å². The van der Waals surface area contributed by atoms with Gasteiger partial charge in [-0.3, -0.25) is 0 Å². The van der Waals surface area contributed by atoms with Crippen molar-refractivity contribution in [2.45, 2.75) is 32.6 Å². The van der Waals surface area contributed by atoms with Crippen molar-refractivity contribution >= 4 is 11.6 Å². The van der Waals surface area contributed by atoms with Crippen LogP contribution >= 0.6 is 11.6 Å². The number of halogens is 2. The molecule has 84 valence electrons. The van der Waals surface area contributed by atoms with Crippen molar-refractivity contribution in [1.82, 2.24) is 0 Å². The van der Waals surface area contributed by atoms with E-state index >= 15 is 0 Å². The molecule has 0 amide bonds. The number of alkyl halides is 1. The van der Waals surface area contributed by atoms with E-state index in [1.807, 2.05) is 12.1 Å². The summed E-state index contributed by atoms with van der Waals surface area (Å²) in [5.74, 6) is 1.15. The second-order valence-corrected chi connectivity index (χ2v) is 4.65.